The predicted octanol–water partition coefficient (Wildman–Crippen LogP) is 3.54. The van der Waals surface area contributed by atoms with Crippen molar-refractivity contribution in [2.75, 3.05) is 0 Å². The van der Waals surface area contributed by atoms with Crippen molar-refractivity contribution < 1.29 is 0 Å². The summed E-state index contributed by atoms with van der Waals surface area (Å²) in [4.78, 5) is 0. The van der Waals surface area contributed by atoms with Gasteiger partial charge in [-0.3, -0.25) is 11.3 Å². The van der Waals surface area contributed by atoms with Crippen molar-refractivity contribution in [3.05, 3.63) is 70.8 Å². The molecule has 1 unspecified atom stereocenters. The standard InChI is InChI=1S/C18H22N2/c1-13-10-14(2)12-15(11-13)17(20-19)18(8-9-18)16-6-4-3-5-7-16/h3-7,10-12,17,20H,8-9,19H2,1-2H3. The van der Waals surface area contributed by atoms with Crippen LogP contribution in [-0.4, -0.2) is 0 Å². The maximum absolute atomic E-state index is 5.92. The molecule has 2 aromatic rings. The maximum atomic E-state index is 5.92. The summed E-state index contributed by atoms with van der Waals surface area (Å²) >= 11 is 0. The molecule has 0 radical (unpaired) electrons. The van der Waals surface area contributed by atoms with Crippen molar-refractivity contribution in [3.8, 4) is 0 Å². The Morgan fingerprint density at radius 2 is 1.60 bits per heavy atom. The highest BCUT2D eigenvalue weighted by Crippen LogP contribution is 2.56. The van der Waals surface area contributed by atoms with E-state index in [0.717, 1.165) is 0 Å². The Kier molecular flexibility index (Phi) is 3.36. The predicted molar refractivity (Wildman–Crippen MR) is 83.3 cm³/mol. The number of nitrogens with two attached hydrogens (primary N) is 1. The molecule has 20 heavy (non-hydrogen) atoms. The van der Waals surface area contributed by atoms with Gasteiger partial charge in [-0.2, -0.15) is 0 Å². The minimum absolute atomic E-state index is 0.163. The molecular weight excluding hydrogens is 244 g/mol. The van der Waals surface area contributed by atoms with Crippen LogP contribution >= 0.6 is 0 Å². The molecule has 0 amide bonds. The minimum atomic E-state index is 0.163. The topological polar surface area (TPSA) is 38.0 Å². The van der Waals surface area contributed by atoms with E-state index < -0.39 is 0 Å². The van der Waals surface area contributed by atoms with Crippen LogP contribution in [0.4, 0.5) is 0 Å². The second-order valence-corrected chi connectivity index (χ2v) is 6.04. The van der Waals surface area contributed by atoms with Gasteiger partial charge in [0.2, 0.25) is 0 Å². The lowest BCUT2D eigenvalue weighted by Crippen LogP contribution is -2.36. The summed E-state index contributed by atoms with van der Waals surface area (Å²) in [5.41, 5.74) is 8.52. The Hall–Kier alpha value is -1.64. The van der Waals surface area contributed by atoms with Gasteiger partial charge in [0.05, 0.1) is 6.04 Å². The van der Waals surface area contributed by atoms with E-state index in [1.54, 1.807) is 0 Å². The number of benzene rings is 2. The van der Waals surface area contributed by atoms with Gasteiger partial charge in [-0.25, -0.2) is 0 Å². The lowest BCUT2D eigenvalue weighted by Gasteiger charge is -2.28. The van der Waals surface area contributed by atoms with Crippen LogP contribution in [0.25, 0.3) is 0 Å². The average Bonchev–Trinajstić information content (AvgIpc) is 3.21. The number of nitrogens with one attached hydrogen (secondary N) is 1. The lowest BCUT2D eigenvalue weighted by atomic mass is 9.83. The van der Waals surface area contributed by atoms with Crippen LogP contribution in [0.2, 0.25) is 0 Å². The number of hydrogen-bond donors (Lipinski definition) is 2. The van der Waals surface area contributed by atoms with Crippen LogP contribution in [0.5, 0.6) is 0 Å². The molecule has 0 saturated heterocycles. The van der Waals surface area contributed by atoms with Crippen LogP contribution < -0.4 is 11.3 Å². The molecule has 2 aromatic carbocycles. The number of hydrogen-bond acceptors (Lipinski definition) is 2. The lowest BCUT2D eigenvalue weighted by molar-refractivity contribution is 0.438. The Morgan fingerprint density at radius 1 is 1.00 bits per heavy atom. The molecule has 1 fully saturated rings. The molecule has 2 heteroatoms. The van der Waals surface area contributed by atoms with Crippen LogP contribution in [0.3, 0.4) is 0 Å². The van der Waals surface area contributed by atoms with Crippen molar-refractivity contribution in [3.63, 3.8) is 0 Å². The van der Waals surface area contributed by atoms with Gasteiger partial charge in [0.1, 0.15) is 0 Å². The van der Waals surface area contributed by atoms with Gasteiger partial charge in [0, 0.05) is 5.41 Å². The Bertz CT molecular complexity index is 580. The van der Waals surface area contributed by atoms with Gasteiger partial charge in [-0.1, -0.05) is 59.7 Å². The van der Waals surface area contributed by atoms with E-state index >= 15 is 0 Å². The maximum Gasteiger partial charge on any atom is 0.0556 e. The van der Waals surface area contributed by atoms with Gasteiger partial charge in [0.25, 0.3) is 0 Å². The van der Waals surface area contributed by atoms with E-state index in [4.69, 9.17) is 5.84 Å². The second kappa shape index (κ2) is 5.04. The van der Waals surface area contributed by atoms with Crippen molar-refractivity contribution in [1.82, 2.24) is 5.43 Å². The Morgan fingerprint density at radius 3 is 2.10 bits per heavy atom. The third-order valence-electron chi connectivity index (χ3n) is 4.43. The van der Waals surface area contributed by atoms with E-state index in [2.05, 4.69) is 67.8 Å². The van der Waals surface area contributed by atoms with Gasteiger partial charge in [-0.05, 0) is 37.8 Å². The van der Waals surface area contributed by atoms with Gasteiger partial charge in [-0.15, -0.1) is 0 Å². The molecule has 0 aliphatic heterocycles. The fraction of sp³-hybridized carbons (Fsp3) is 0.333. The summed E-state index contributed by atoms with van der Waals surface area (Å²) in [6.07, 6.45) is 2.39. The molecule has 1 aliphatic carbocycles. The first-order chi connectivity index (χ1) is 9.65. The summed E-state index contributed by atoms with van der Waals surface area (Å²) in [6, 6.07) is 17.6. The summed E-state index contributed by atoms with van der Waals surface area (Å²) in [7, 11) is 0. The van der Waals surface area contributed by atoms with Crippen molar-refractivity contribution in [2.24, 2.45) is 5.84 Å². The summed E-state index contributed by atoms with van der Waals surface area (Å²) in [5, 5.41) is 0. The van der Waals surface area contributed by atoms with Crippen molar-refractivity contribution in [2.45, 2.75) is 38.1 Å². The molecule has 1 atom stereocenters. The smallest absolute Gasteiger partial charge is 0.0556 e. The summed E-state index contributed by atoms with van der Waals surface area (Å²) in [6.45, 7) is 4.29. The Balaban J connectivity index is 2.02. The third-order valence-corrected chi connectivity index (χ3v) is 4.43. The molecule has 0 spiro atoms. The van der Waals surface area contributed by atoms with Crippen LogP contribution in [0, 0.1) is 13.8 Å². The molecule has 0 heterocycles. The fourth-order valence-electron chi connectivity index (χ4n) is 3.40. The first-order valence-electron chi connectivity index (χ1n) is 7.25. The van der Waals surface area contributed by atoms with Gasteiger partial charge >= 0.3 is 0 Å². The highest BCUT2D eigenvalue weighted by Gasteiger charge is 2.50. The van der Waals surface area contributed by atoms with Gasteiger partial charge in [0.15, 0.2) is 0 Å². The fourth-order valence-corrected chi connectivity index (χ4v) is 3.40. The molecule has 2 nitrogen and oxygen atoms in total. The normalized spacial score (nSPS) is 17.8. The quantitative estimate of drug-likeness (QED) is 0.656. The molecule has 3 N–H and O–H groups in total. The number of aryl methyl sites for hydroxylation is 2. The zero-order valence-electron chi connectivity index (χ0n) is 12.2. The largest absolute Gasteiger partial charge is 0.271 e. The zero-order valence-corrected chi connectivity index (χ0v) is 12.2. The average molecular weight is 266 g/mol. The van der Waals surface area contributed by atoms with Crippen molar-refractivity contribution in [1.29, 1.82) is 0 Å². The monoisotopic (exact) mass is 266 g/mol. The highest BCUT2D eigenvalue weighted by molar-refractivity contribution is 5.40. The van der Waals surface area contributed by atoms with E-state index in [-0.39, 0.29) is 11.5 Å². The minimum Gasteiger partial charge on any atom is -0.271 e. The highest BCUT2D eigenvalue weighted by atomic mass is 15.2. The molecule has 0 aromatic heterocycles. The summed E-state index contributed by atoms with van der Waals surface area (Å²) < 4.78 is 0. The second-order valence-electron chi connectivity index (χ2n) is 6.04. The molecule has 1 aliphatic rings. The number of hydrazine groups is 1. The first kappa shape index (κ1) is 13.3. The van der Waals surface area contributed by atoms with E-state index in [1.165, 1.54) is 35.1 Å². The van der Waals surface area contributed by atoms with Crippen molar-refractivity contribution >= 4 is 0 Å². The Labute approximate surface area is 121 Å². The van der Waals surface area contributed by atoms with E-state index in [0.29, 0.717) is 0 Å². The summed E-state index contributed by atoms with van der Waals surface area (Å²) in [5.74, 6) is 5.92. The molecule has 104 valence electrons. The van der Waals surface area contributed by atoms with E-state index in [9.17, 15) is 0 Å². The molecule has 3 rings (SSSR count). The van der Waals surface area contributed by atoms with Crippen LogP contribution in [0.1, 0.15) is 41.1 Å². The molecule has 0 bridgehead atoms. The van der Waals surface area contributed by atoms with E-state index in [1.807, 2.05) is 0 Å². The third kappa shape index (κ3) is 2.26. The zero-order chi connectivity index (χ0) is 14.2. The first-order valence-corrected chi connectivity index (χ1v) is 7.25. The number of rotatable bonds is 4. The van der Waals surface area contributed by atoms with Gasteiger partial charge < -0.3 is 0 Å². The van der Waals surface area contributed by atoms with Crippen LogP contribution in [0.15, 0.2) is 48.5 Å². The van der Waals surface area contributed by atoms with Crippen LogP contribution in [-0.2, 0) is 5.41 Å². The molecular formula is C18H22N2. The SMILES string of the molecule is Cc1cc(C)cc(C(NN)C2(c3ccccc3)CC2)c1. The molecule has 1 saturated carbocycles.